The molecule has 4 nitrogen and oxygen atoms in total. The van der Waals surface area contributed by atoms with Crippen LogP contribution in [0.3, 0.4) is 0 Å². The maximum absolute atomic E-state index is 11.5. The van der Waals surface area contributed by atoms with Crippen molar-refractivity contribution in [1.82, 2.24) is 5.32 Å². The normalized spacial score (nSPS) is 25.9. The standard InChI is InChI=1S/C11H19NO3S/c1-11(2,3)15-10(14)12-9-7-16-5-4-8(9)6-13/h6,8-9H,4-5,7H2,1-3H3,(H,12,14). The van der Waals surface area contributed by atoms with E-state index in [-0.39, 0.29) is 12.0 Å². The summed E-state index contributed by atoms with van der Waals surface area (Å²) in [5.74, 6) is 1.69. The predicted molar refractivity (Wildman–Crippen MR) is 64.7 cm³/mol. The van der Waals surface area contributed by atoms with Gasteiger partial charge in [0.1, 0.15) is 11.9 Å². The number of hydrogen-bond acceptors (Lipinski definition) is 4. The SMILES string of the molecule is CC(C)(C)OC(=O)NC1CSCCC1C=O. The van der Waals surface area contributed by atoms with E-state index in [0.29, 0.717) is 0 Å². The average molecular weight is 245 g/mol. The Hall–Kier alpha value is -0.710. The zero-order chi connectivity index (χ0) is 12.2. The van der Waals surface area contributed by atoms with Gasteiger partial charge in [0.15, 0.2) is 0 Å². The zero-order valence-corrected chi connectivity index (χ0v) is 10.8. The number of carbonyl (C=O) groups is 2. The molecule has 1 heterocycles. The summed E-state index contributed by atoms with van der Waals surface area (Å²) in [6.07, 6.45) is 1.32. The Bertz CT molecular complexity index is 262. The minimum Gasteiger partial charge on any atom is -0.444 e. The highest BCUT2D eigenvalue weighted by atomic mass is 32.2. The van der Waals surface area contributed by atoms with Crippen molar-refractivity contribution < 1.29 is 14.3 Å². The van der Waals surface area contributed by atoms with Crippen LogP contribution in [-0.4, -0.2) is 35.5 Å². The van der Waals surface area contributed by atoms with Gasteiger partial charge in [-0.1, -0.05) is 0 Å². The number of aldehydes is 1. The van der Waals surface area contributed by atoms with Gasteiger partial charge in [-0.3, -0.25) is 0 Å². The van der Waals surface area contributed by atoms with Crippen molar-refractivity contribution in [1.29, 1.82) is 0 Å². The molecule has 0 aromatic heterocycles. The Morgan fingerprint density at radius 3 is 2.75 bits per heavy atom. The van der Waals surface area contributed by atoms with Crippen LogP contribution in [0.4, 0.5) is 4.79 Å². The molecule has 1 amide bonds. The van der Waals surface area contributed by atoms with Crippen LogP contribution in [0, 0.1) is 5.92 Å². The lowest BCUT2D eigenvalue weighted by Crippen LogP contribution is -2.46. The van der Waals surface area contributed by atoms with E-state index in [2.05, 4.69) is 5.32 Å². The van der Waals surface area contributed by atoms with Crippen LogP contribution in [0.25, 0.3) is 0 Å². The summed E-state index contributed by atoms with van der Waals surface area (Å²) >= 11 is 1.75. The summed E-state index contributed by atoms with van der Waals surface area (Å²) in [6, 6.07) is -0.0916. The molecule has 16 heavy (non-hydrogen) atoms. The number of ether oxygens (including phenoxy) is 1. The van der Waals surface area contributed by atoms with Crippen LogP contribution in [0.5, 0.6) is 0 Å². The monoisotopic (exact) mass is 245 g/mol. The second-order valence-electron chi connectivity index (χ2n) is 4.92. The van der Waals surface area contributed by atoms with E-state index in [1.54, 1.807) is 11.8 Å². The van der Waals surface area contributed by atoms with E-state index in [1.165, 1.54) is 0 Å². The largest absolute Gasteiger partial charge is 0.444 e. The van der Waals surface area contributed by atoms with E-state index in [0.717, 1.165) is 24.2 Å². The number of nitrogens with one attached hydrogen (secondary N) is 1. The van der Waals surface area contributed by atoms with Gasteiger partial charge in [-0.15, -0.1) is 0 Å². The highest BCUT2D eigenvalue weighted by molar-refractivity contribution is 7.99. The fraction of sp³-hybridized carbons (Fsp3) is 0.818. The highest BCUT2D eigenvalue weighted by Gasteiger charge is 2.28. The number of alkyl carbamates (subject to hydrolysis) is 1. The van der Waals surface area contributed by atoms with Crippen molar-refractivity contribution in [3.63, 3.8) is 0 Å². The lowest BCUT2D eigenvalue weighted by molar-refractivity contribution is -0.111. The topological polar surface area (TPSA) is 55.4 Å². The Morgan fingerprint density at radius 1 is 1.50 bits per heavy atom. The molecule has 1 aliphatic rings. The molecule has 0 saturated carbocycles. The van der Waals surface area contributed by atoms with Gasteiger partial charge in [0.05, 0.1) is 6.04 Å². The lowest BCUT2D eigenvalue weighted by atomic mass is 10.00. The molecule has 1 saturated heterocycles. The van der Waals surface area contributed by atoms with Crippen molar-refractivity contribution >= 4 is 24.1 Å². The first kappa shape index (κ1) is 13.4. The van der Waals surface area contributed by atoms with Gasteiger partial charge in [0.2, 0.25) is 0 Å². The Labute approximate surface area is 100 Å². The number of carbonyl (C=O) groups excluding carboxylic acids is 2. The third kappa shape index (κ3) is 4.43. The molecule has 0 aromatic carbocycles. The molecule has 0 aliphatic carbocycles. The van der Waals surface area contributed by atoms with Crippen LogP contribution in [0.1, 0.15) is 27.2 Å². The molecule has 1 N–H and O–H groups in total. The summed E-state index contributed by atoms with van der Waals surface area (Å²) in [5, 5.41) is 2.76. The fourth-order valence-corrected chi connectivity index (χ4v) is 2.71. The van der Waals surface area contributed by atoms with Crippen molar-refractivity contribution in [2.24, 2.45) is 5.92 Å². The van der Waals surface area contributed by atoms with Crippen LogP contribution in [-0.2, 0) is 9.53 Å². The van der Waals surface area contributed by atoms with E-state index in [1.807, 2.05) is 20.8 Å². The number of hydrogen-bond donors (Lipinski definition) is 1. The van der Waals surface area contributed by atoms with Gasteiger partial charge in [-0.25, -0.2) is 4.79 Å². The summed E-state index contributed by atoms with van der Waals surface area (Å²) < 4.78 is 5.16. The molecule has 1 aliphatic heterocycles. The average Bonchev–Trinajstić information content (AvgIpc) is 2.15. The quantitative estimate of drug-likeness (QED) is 0.754. The molecule has 1 rings (SSSR count). The van der Waals surface area contributed by atoms with E-state index in [4.69, 9.17) is 4.74 Å². The Kier molecular flexibility index (Phi) is 4.65. The van der Waals surface area contributed by atoms with Crippen molar-refractivity contribution in [3.8, 4) is 0 Å². The van der Waals surface area contributed by atoms with Gasteiger partial charge in [-0.05, 0) is 32.9 Å². The second-order valence-corrected chi connectivity index (χ2v) is 6.07. The number of rotatable bonds is 2. The second kappa shape index (κ2) is 5.57. The number of thioether (sulfide) groups is 1. The molecule has 2 unspecified atom stereocenters. The molecule has 92 valence electrons. The summed E-state index contributed by atoms with van der Waals surface area (Å²) in [4.78, 5) is 22.4. The van der Waals surface area contributed by atoms with Gasteiger partial charge in [0, 0.05) is 11.7 Å². The van der Waals surface area contributed by atoms with Crippen LogP contribution >= 0.6 is 11.8 Å². The molecule has 0 aromatic rings. The smallest absolute Gasteiger partial charge is 0.407 e. The summed E-state index contributed by atoms with van der Waals surface area (Å²) in [5.41, 5.74) is -0.497. The van der Waals surface area contributed by atoms with Crippen LogP contribution < -0.4 is 5.32 Å². The Morgan fingerprint density at radius 2 is 2.19 bits per heavy atom. The van der Waals surface area contributed by atoms with Gasteiger partial charge in [-0.2, -0.15) is 11.8 Å². The molecule has 1 fully saturated rings. The van der Waals surface area contributed by atoms with Crippen LogP contribution in [0.2, 0.25) is 0 Å². The molecule has 0 radical (unpaired) electrons. The lowest BCUT2D eigenvalue weighted by Gasteiger charge is -2.29. The molecule has 2 atom stereocenters. The van der Waals surface area contributed by atoms with Gasteiger partial charge >= 0.3 is 6.09 Å². The number of amides is 1. The van der Waals surface area contributed by atoms with Crippen LogP contribution in [0.15, 0.2) is 0 Å². The molecule has 0 bridgehead atoms. The third-order valence-electron chi connectivity index (χ3n) is 2.29. The van der Waals surface area contributed by atoms with Crippen molar-refractivity contribution in [3.05, 3.63) is 0 Å². The van der Waals surface area contributed by atoms with E-state index in [9.17, 15) is 9.59 Å². The van der Waals surface area contributed by atoms with Crippen molar-refractivity contribution in [2.45, 2.75) is 38.8 Å². The molecule has 0 spiro atoms. The van der Waals surface area contributed by atoms with E-state index < -0.39 is 11.7 Å². The minimum absolute atomic E-state index is 0.0752. The fourth-order valence-electron chi connectivity index (χ4n) is 1.53. The molecular formula is C11H19NO3S. The molecule has 5 heteroatoms. The first-order valence-corrected chi connectivity index (χ1v) is 6.60. The minimum atomic E-state index is -0.497. The predicted octanol–water partition coefficient (Wildman–Crippen LogP) is 1.83. The first-order chi connectivity index (χ1) is 7.42. The maximum atomic E-state index is 11.5. The summed E-state index contributed by atoms with van der Waals surface area (Å²) in [7, 11) is 0. The maximum Gasteiger partial charge on any atom is 0.407 e. The zero-order valence-electron chi connectivity index (χ0n) is 9.99. The highest BCUT2D eigenvalue weighted by Crippen LogP contribution is 2.22. The third-order valence-corrected chi connectivity index (χ3v) is 3.41. The van der Waals surface area contributed by atoms with E-state index >= 15 is 0 Å². The Balaban J connectivity index is 2.45. The van der Waals surface area contributed by atoms with Gasteiger partial charge in [0.25, 0.3) is 0 Å². The van der Waals surface area contributed by atoms with Crippen molar-refractivity contribution in [2.75, 3.05) is 11.5 Å². The molecular weight excluding hydrogens is 226 g/mol. The summed E-state index contributed by atoms with van der Waals surface area (Å²) in [6.45, 7) is 5.46. The first-order valence-electron chi connectivity index (χ1n) is 5.45. The van der Waals surface area contributed by atoms with Gasteiger partial charge < -0.3 is 14.8 Å².